The van der Waals surface area contributed by atoms with Crippen molar-refractivity contribution in [3.8, 4) is 5.75 Å². The maximum atomic E-state index is 5.32. The summed E-state index contributed by atoms with van der Waals surface area (Å²) in [6.45, 7) is 0.686. The number of aromatic nitrogens is 1. The molecule has 1 heterocycles. The Morgan fingerprint density at radius 3 is 2.72 bits per heavy atom. The van der Waals surface area contributed by atoms with Gasteiger partial charge in [0.25, 0.3) is 0 Å². The quantitative estimate of drug-likeness (QED) is 0.816. The van der Waals surface area contributed by atoms with Crippen LogP contribution in [-0.4, -0.2) is 12.1 Å². The molecular weight excluding hydrogens is 360 g/mol. The first-order valence-corrected chi connectivity index (χ1v) is 6.95. The molecule has 1 N–H and O–H groups in total. The molecule has 0 unspecified atom stereocenters. The molecule has 2 rings (SSSR count). The summed E-state index contributed by atoms with van der Waals surface area (Å²) in [6, 6.07) is 9.82. The third-order valence-electron chi connectivity index (χ3n) is 2.45. The van der Waals surface area contributed by atoms with Gasteiger partial charge in [-0.15, -0.1) is 0 Å². The maximum absolute atomic E-state index is 5.32. The molecule has 0 spiro atoms. The SMILES string of the molecule is COc1ccc(Br)cc1CNc1ccc(Br)nc1. The monoisotopic (exact) mass is 370 g/mol. The fraction of sp³-hybridized carbons (Fsp3) is 0.154. The third kappa shape index (κ3) is 3.46. The highest BCUT2D eigenvalue weighted by molar-refractivity contribution is 9.10. The van der Waals surface area contributed by atoms with Crippen LogP contribution in [0.2, 0.25) is 0 Å². The number of methoxy groups -OCH3 is 1. The van der Waals surface area contributed by atoms with Crippen molar-refractivity contribution >= 4 is 37.5 Å². The molecule has 94 valence electrons. The summed E-state index contributed by atoms with van der Waals surface area (Å²) in [5.74, 6) is 0.871. The predicted molar refractivity (Wildman–Crippen MR) is 80.0 cm³/mol. The zero-order valence-electron chi connectivity index (χ0n) is 9.78. The standard InChI is InChI=1S/C13H12Br2N2O/c1-18-12-4-2-10(14)6-9(12)7-16-11-3-5-13(15)17-8-11/h2-6,8,16H,7H2,1H3. The van der Waals surface area contributed by atoms with Crippen molar-refractivity contribution in [3.05, 3.63) is 51.2 Å². The number of nitrogens with one attached hydrogen (secondary N) is 1. The molecule has 0 atom stereocenters. The molecular formula is C13H12Br2N2O. The van der Waals surface area contributed by atoms with Gasteiger partial charge in [0.15, 0.2) is 0 Å². The van der Waals surface area contributed by atoms with Crippen molar-refractivity contribution in [3.63, 3.8) is 0 Å². The van der Waals surface area contributed by atoms with Gasteiger partial charge in [0.05, 0.1) is 19.0 Å². The van der Waals surface area contributed by atoms with Crippen LogP contribution < -0.4 is 10.1 Å². The van der Waals surface area contributed by atoms with Gasteiger partial charge >= 0.3 is 0 Å². The zero-order chi connectivity index (χ0) is 13.0. The van der Waals surface area contributed by atoms with Crippen LogP contribution in [0.15, 0.2) is 45.6 Å². The molecule has 0 radical (unpaired) electrons. The number of pyridine rings is 1. The van der Waals surface area contributed by atoms with Crippen molar-refractivity contribution in [2.24, 2.45) is 0 Å². The number of halogens is 2. The molecule has 3 nitrogen and oxygen atoms in total. The fourth-order valence-electron chi connectivity index (χ4n) is 1.56. The van der Waals surface area contributed by atoms with Crippen molar-refractivity contribution in [1.29, 1.82) is 0 Å². The first kappa shape index (κ1) is 13.4. The second kappa shape index (κ2) is 6.20. The Hall–Kier alpha value is -1.07. The Labute approximate surface area is 123 Å². The van der Waals surface area contributed by atoms with Gasteiger partial charge < -0.3 is 10.1 Å². The Bertz CT molecular complexity index is 529. The average Bonchev–Trinajstić information content (AvgIpc) is 2.38. The third-order valence-corrected chi connectivity index (χ3v) is 3.42. The van der Waals surface area contributed by atoms with E-state index in [9.17, 15) is 0 Å². The van der Waals surface area contributed by atoms with Crippen LogP contribution in [0.3, 0.4) is 0 Å². The van der Waals surface area contributed by atoms with Gasteiger partial charge in [-0.25, -0.2) is 4.98 Å². The van der Waals surface area contributed by atoms with Crippen LogP contribution in [0.1, 0.15) is 5.56 Å². The Morgan fingerprint density at radius 2 is 2.06 bits per heavy atom. The fourth-order valence-corrected chi connectivity index (χ4v) is 2.21. The van der Waals surface area contributed by atoms with Gasteiger partial charge in [-0.3, -0.25) is 0 Å². The molecule has 0 amide bonds. The van der Waals surface area contributed by atoms with Gasteiger partial charge in [0.2, 0.25) is 0 Å². The lowest BCUT2D eigenvalue weighted by Crippen LogP contribution is -2.02. The molecule has 0 fully saturated rings. The molecule has 0 aliphatic heterocycles. The largest absolute Gasteiger partial charge is 0.496 e. The van der Waals surface area contributed by atoms with E-state index < -0.39 is 0 Å². The van der Waals surface area contributed by atoms with Gasteiger partial charge in [0.1, 0.15) is 10.4 Å². The number of anilines is 1. The van der Waals surface area contributed by atoms with Gasteiger partial charge in [0, 0.05) is 16.6 Å². The predicted octanol–water partition coefficient (Wildman–Crippen LogP) is 4.23. The van der Waals surface area contributed by atoms with E-state index in [1.807, 2.05) is 30.3 Å². The topological polar surface area (TPSA) is 34.1 Å². The van der Waals surface area contributed by atoms with Crippen LogP contribution in [0, 0.1) is 0 Å². The van der Waals surface area contributed by atoms with Crippen LogP contribution in [0.4, 0.5) is 5.69 Å². The van der Waals surface area contributed by atoms with Crippen LogP contribution in [0.25, 0.3) is 0 Å². The number of hydrogen-bond acceptors (Lipinski definition) is 3. The van der Waals surface area contributed by atoms with Gasteiger partial charge in [-0.1, -0.05) is 15.9 Å². The van der Waals surface area contributed by atoms with Crippen molar-refractivity contribution in [1.82, 2.24) is 4.98 Å². The van der Waals surface area contributed by atoms with E-state index in [1.54, 1.807) is 13.3 Å². The van der Waals surface area contributed by atoms with E-state index in [0.29, 0.717) is 6.54 Å². The minimum atomic E-state index is 0.686. The second-order valence-electron chi connectivity index (χ2n) is 3.68. The van der Waals surface area contributed by atoms with E-state index in [2.05, 4.69) is 42.2 Å². The van der Waals surface area contributed by atoms with E-state index in [-0.39, 0.29) is 0 Å². The molecule has 0 aliphatic rings. The molecule has 0 aliphatic carbocycles. The lowest BCUT2D eigenvalue weighted by Gasteiger charge is -2.11. The van der Waals surface area contributed by atoms with E-state index >= 15 is 0 Å². The molecule has 1 aromatic carbocycles. The summed E-state index contributed by atoms with van der Waals surface area (Å²) in [4.78, 5) is 4.17. The number of benzene rings is 1. The normalized spacial score (nSPS) is 10.2. The Kier molecular flexibility index (Phi) is 4.60. The summed E-state index contributed by atoms with van der Waals surface area (Å²) < 4.78 is 7.19. The molecule has 0 bridgehead atoms. The number of rotatable bonds is 4. The van der Waals surface area contributed by atoms with Crippen LogP contribution in [0.5, 0.6) is 5.75 Å². The Balaban J connectivity index is 2.09. The second-order valence-corrected chi connectivity index (χ2v) is 5.41. The smallest absolute Gasteiger partial charge is 0.123 e. The molecule has 2 aromatic rings. The summed E-state index contributed by atoms with van der Waals surface area (Å²) in [6.07, 6.45) is 1.79. The van der Waals surface area contributed by atoms with Gasteiger partial charge in [-0.2, -0.15) is 0 Å². The summed E-state index contributed by atoms with van der Waals surface area (Å²) in [7, 11) is 1.67. The summed E-state index contributed by atoms with van der Waals surface area (Å²) in [5.41, 5.74) is 2.06. The minimum absolute atomic E-state index is 0.686. The van der Waals surface area contributed by atoms with E-state index in [4.69, 9.17) is 4.74 Å². The molecule has 1 aromatic heterocycles. The highest BCUT2D eigenvalue weighted by Gasteiger charge is 2.03. The summed E-state index contributed by atoms with van der Waals surface area (Å²) in [5, 5.41) is 3.31. The van der Waals surface area contributed by atoms with Crippen LogP contribution >= 0.6 is 31.9 Å². The first-order chi connectivity index (χ1) is 8.69. The molecule has 5 heteroatoms. The zero-order valence-corrected chi connectivity index (χ0v) is 13.0. The molecule has 0 saturated carbocycles. The highest BCUT2D eigenvalue weighted by Crippen LogP contribution is 2.24. The lowest BCUT2D eigenvalue weighted by atomic mass is 10.2. The molecule has 0 saturated heterocycles. The van der Waals surface area contributed by atoms with Crippen molar-refractivity contribution in [2.75, 3.05) is 12.4 Å². The van der Waals surface area contributed by atoms with E-state index in [1.165, 1.54) is 0 Å². The van der Waals surface area contributed by atoms with Crippen molar-refractivity contribution in [2.45, 2.75) is 6.54 Å². The highest BCUT2D eigenvalue weighted by atomic mass is 79.9. The van der Waals surface area contributed by atoms with Gasteiger partial charge in [-0.05, 0) is 46.3 Å². The summed E-state index contributed by atoms with van der Waals surface area (Å²) >= 11 is 6.77. The number of nitrogens with zero attached hydrogens (tertiary/aromatic N) is 1. The first-order valence-electron chi connectivity index (χ1n) is 5.37. The van der Waals surface area contributed by atoms with Crippen LogP contribution in [-0.2, 0) is 6.54 Å². The van der Waals surface area contributed by atoms with E-state index in [0.717, 1.165) is 26.1 Å². The number of ether oxygens (including phenoxy) is 1. The average molecular weight is 372 g/mol. The Morgan fingerprint density at radius 1 is 1.22 bits per heavy atom. The van der Waals surface area contributed by atoms with Crippen molar-refractivity contribution < 1.29 is 4.74 Å². The number of hydrogen-bond donors (Lipinski definition) is 1. The maximum Gasteiger partial charge on any atom is 0.123 e. The molecule has 18 heavy (non-hydrogen) atoms. The lowest BCUT2D eigenvalue weighted by molar-refractivity contribution is 0.410. The minimum Gasteiger partial charge on any atom is -0.496 e.